The van der Waals surface area contributed by atoms with E-state index in [2.05, 4.69) is 10.3 Å². The summed E-state index contributed by atoms with van der Waals surface area (Å²) in [7, 11) is 0. The number of nitrogens with zero attached hydrogens (tertiary/aromatic N) is 3. The zero-order chi connectivity index (χ0) is 22.2. The zero-order valence-corrected chi connectivity index (χ0v) is 18.5. The van der Waals surface area contributed by atoms with Crippen molar-refractivity contribution in [3.8, 4) is 0 Å². The topological polar surface area (TPSA) is 95.8 Å². The fourth-order valence-corrected chi connectivity index (χ4v) is 5.15. The molecule has 8 nitrogen and oxygen atoms in total. The minimum absolute atomic E-state index is 0.0298. The van der Waals surface area contributed by atoms with Gasteiger partial charge in [-0.2, -0.15) is 0 Å². The second kappa shape index (κ2) is 8.40. The molecule has 4 heterocycles. The molecule has 1 atom stereocenters. The van der Waals surface area contributed by atoms with E-state index in [4.69, 9.17) is 16.0 Å². The van der Waals surface area contributed by atoms with Crippen molar-refractivity contribution >= 4 is 51.5 Å². The SMILES string of the molecule is O=C(Nc1nc2c(s1)CN(C(=O)C1CC(=O)N(c3ccc(Cl)cc3)C1)CC2)c1ccoc1. The summed E-state index contributed by atoms with van der Waals surface area (Å²) in [5.41, 5.74) is 2.06. The van der Waals surface area contributed by atoms with E-state index in [9.17, 15) is 14.4 Å². The average molecular weight is 471 g/mol. The van der Waals surface area contributed by atoms with Crippen LogP contribution >= 0.6 is 22.9 Å². The molecule has 1 N–H and O–H groups in total. The molecule has 0 bridgehead atoms. The number of rotatable bonds is 4. The molecule has 2 aromatic heterocycles. The van der Waals surface area contributed by atoms with E-state index in [1.165, 1.54) is 23.9 Å². The fraction of sp³-hybridized carbons (Fsp3) is 0.273. The van der Waals surface area contributed by atoms with Crippen molar-refractivity contribution in [2.45, 2.75) is 19.4 Å². The van der Waals surface area contributed by atoms with Crippen molar-refractivity contribution in [2.75, 3.05) is 23.3 Å². The van der Waals surface area contributed by atoms with Gasteiger partial charge in [0.15, 0.2) is 5.13 Å². The summed E-state index contributed by atoms with van der Waals surface area (Å²) in [5, 5.41) is 3.88. The van der Waals surface area contributed by atoms with Gasteiger partial charge in [-0.25, -0.2) is 4.98 Å². The highest BCUT2D eigenvalue weighted by Gasteiger charge is 2.38. The highest BCUT2D eigenvalue weighted by Crippen LogP contribution is 2.32. The minimum Gasteiger partial charge on any atom is -0.472 e. The van der Waals surface area contributed by atoms with Gasteiger partial charge in [0.25, 0.3) is 5.91 Å². The lowest BCUT2D eigenvalue weighted by atomic mass is 10.1. The van der Waals surface area contributed by atoms with E-state index >= 15 is 0 Å². The predicted molar refractivity (Wildman–Crippen MR) is 120 cm³/mol. The summed E-state index contributed by atoms with van der Waals surface area (Å²) in [6.07, 6.45) is 3.62. The van der Waals surface area contributed by atoms with Crippen LogP contribution in [0.25, 0.3) is 0 Å². The maximum atomic E-state index is 13.2. The van der Waals surface area contributed by atoms with Gasteiger partial charge >= 0.3 is 0 Å². The lowest BCUT2D eigenvalue weighted by Crippen LogP contribution is -2.40. The Balaban J connectivity index is 1.24. The molecular weight excluding hydrogens is 452 g/mol. The standard InChI is InChI=1S/C22H19ClN4O4S/c23-15-1-3-16(4-2-15)27-10-14(9-19(27)28)21(30)26-7-5-17-18(11-26)32-22(24-17)25-20(29)13-6-8-31-12-13/h1-4,6,8,12,14H,5,7,9-11H2,(H,24,25,29). The number of fused-ring (bicyclic) bond motifs is 1. The molecule has 3 aromatic rings. The first-order chi connectivity index (χ1) is 15.5. The van der Waals surface area contributed by atoms with Crippen LogP contribution in [0, 0.1) is 5.92 Å². The van der Waals surface area contributed by atoms with Crippen LogP contribution in [0.5, 0.6) is 0 Å². The van der Waals surface area contributed by atoms with E-state index in [1.54, 1.807) is 40.1 Å². The van der Waals surface area contributed by atoms with Crippen LogP contribution in [-0.4, -0.2) is 40.7 Å². The molecule has 32 heavy (non-hydrogen) atoms. The number of hydrogen-bond donors (Lipinski definition) is 1. The molecule has 2 aliphatic rings. The molecule has 2 aliphatic heterocycles. The van der Waals surface area contributed by atoms with Gasteiger partial charge < -0.3 is 14.2 Å². The van der Waals surface area contributed by atoms with Crippen LogP contribution in [0.15, 0.2) is 47.3 Å². The van der Waals surface area contributed by atoms with Crippen molar-refractivity contribution in [3.63, 3.8) is 0 Å². The Morgan fingerprint density at radius 3 is 2.78 bits per heavy atom. The van der Waals surface area contributed by atoms with Gasteiger partial charge in [0.2, 0.25) is 11.8 Å². The van der Waals surface area contributed by atoms with Crippen molar-refractivity contribution < 1.29 is 18.8 Å². The number of carbonyl (C=O) groups is 3. The van der Waals surface area contributed by atoms with Crippen LogP contribution in [0.1, 0.15) is 27.3 Å². The number of benzene rings is 1. The van der Waals surface area contributed by atoms with Gasteiger partial charge in [-0.3, -0.25) is 19.7 Å². The Bertz CT molecular complexity index is 1180. The number of hydrogen-bond acceptors (Lipinski definition) is 6. The monoisotopic (exact) mass is 470 g/mol. The van der Waals surface area contributed by atoms with Crippen LogP contribution in [0.2, 0.25) is 5.02 Å². The Morgan fingerprint density at radius 1 is 1.22 bits per heavy atom. The first-order valence-electron chi connectivity index (χ1n) is 10.1. The lowest BCUT2D eigenvalue weighted by molar-refractivity contribution is -0.136. The van der Waals surface area contributed by atoms with Gasteiger partial charge in [0, 0.05) is 41.5 Å². The highest BCUT2D eigenvalue weighted by atomic mass is 35.5. The Hall–Kier alpha value is -3.17. The summed E-state index contributed by atoms with van der Waals surface area (Å²) >= 11 is 7.30. The molecule has 1 fully saturated rings. The van der Waals surface area contributed by atoms with Crippen LogP contribution in [0.3, 0.4) is 0 Å². The lowest BCUT2D eigenvalue weighted by Gasteiger charge is -2.28. The van der Waals surface area contributed by atoms with Crippen molar-refractivity contribution in [3.05, 3.63) is 64.0 Å². The predicted octanol–water partition coefficient (Wildman–Crippen LogP) is 3.58. The van der Waals surface area contributed by atoms with Gasteiger partial charge in [-0.15, -0.1) is 0 Å². The molecule has 1 saturated heterocycles. The van der Waals surface area contributed by atoms with Crippen LogP contribution < -0.4 is 10.2 Å². The molecule has 0 spiro atoms. The van der Waals surface area contributed by atoms with Crippen LogP contribution in [0.4, 0.5) is 10.8 Å². The maximum absolute atomic E-state index is 13.2. The number of anilines is 2. The number of aromatic nitrogens is 1. The number of furan rings is 1. The first-order valence-corrected chi connectivity index (χ1v) is 11.3. The van der Waals surface area contributed by atoms with Crippen molar-refractivity contribution in [2.24, 2.45) is 5.92 Å². The molecular formula is C22H19ClN4O4S. The minimum atomic E-state index is -0.382. The van der Waals surface area contributed by atoms with E-state index in [1.807, 2.05) is 0 Å². The third-order valence-corrected chi connectivity index (χ3v) is 6.91. The highest BCUT2D eigenvalue weighted by molar-refractivity contribution is 7.15. The van der Waals surface area contributed by atoms with Crippen molar-refractivity contribution in [1.29, 1.82) is 0 Å². The molecule has 0 radical (unpaired) electrons. The molecule has 5 rings (SSSR count). The summed E-state index contributed by atoms with van der Waals surface area (Å²) in [4.78, 5) is 46.8. The molecule has 10 heteroatoms. The van der Waals surface area contributed by atoms with Crippen molar-refractivity contribution in [1.82, 2.24) is 9.88 Å². The zero-order valence-electron chi connectivity index (χ0n) is 16.9. The molecule has 0 aliphatic carbocycles. The summed E-state index contributed by atoms with van der Waals surface area (Å²) in [5.74, 6) is -0.763. The van der Waals surface area contributed by atoms with E-state index < -0.39 is 0 Å². The third kappa shape index (κ3) is 4.01. The Kier molecular flexibility index (Phi) is 5.44. The second-order valence-corrected chi connectivity index (χ2v) is 9.27. The summed E-state index contributed by atoms with van der Waals surface area (Å²) < 4.78 is 4.94. The number of carbonyl (C=O) groups excluding carboxylic acids is 3. The number of halogens is 1. The van der Waals surface area contributed by atoms with Gasteiger partial charge in [0.05, 0.1) is 30.0 Å². The molecule has 0 saturated carbocycles. The van der Waals surface area contributed by atoms with Gasteiger partial charge in [-0.05, 0) is 30.3 Å². The number of nitrogens with one attached hydrogen (secondary N) is 1. The quantitative estimate of drug-likeness (QED) is 0.628. The third-order valence-electron chi connectivity index (χ3n) is 5.66. The van der Waals surface area contributed by atoms with Crippen LogP contribution in [-0.2, 0) is 22.6 Å². The molecule has 1 unspecified atom stereocenters. The summed E-state index contributed by atoms with van der Waals surface area (Å²) in [6.45, 7) is 1.33. The first kappa shape index (κ1) is 20.7. The fourth-order valence-electron chi connectivity index (χ4n) is 4.00. The van der Waals surface area contributed by atoms with E-state index in [0.717, 1.165) is 16.3 Å². The molecule has 3 amide bonds. The van der Waals surface area contributed by atoms with Gasteiger partial charge in [-0.1, -0.05) is 22.9 Å². The Morgan fingerprint density at radius 2 is 2.03 bits per heavy atom. The number of amides is 3. The van der Waals surface area contributed by atoms with E-state index in [0.29, 0.717) is 41.8 Å². The smallest absolute Gasteiger partial charge is 0.260 e. The maximum Gasteiger partial charge on any atom is 0.260 e. The number of thiazole rings is 1. The molecule has 1 aromatic carbocycles. The second-order valence-electron chi connectivity index (χ2n) is 7.75. The largest absolute Gasteiger partial charge is 0.472 e. The summed E-state index contributed by atoms with van der Waals surface area (Å²) in [6, 6.07) is 8.63. The van der Waals surface area contributed by atoms with Gasteiger partial charge in [0.1, 0.15) is 6.26 Å². The van der Waals surface area contributed by atoms with E-state index in [-0.39, 0.29) is 30.1 Å². The Labute approximate surface area is 192 Å². The molecule has 164 valence electrons. The normalized spacial score (nSPS) is 18.0. The average Bonchev–Trinajstić information content (AvgIpc) is 3.53.